The third-order valence-corrected chi connectivity index (χ3v) is 3.56. The Kier molecular flexibility index (Phi) is 1.89. The van der Waals surface area contributed by atoms with Gasteiger partial charge in [-0.3, -0.25) is 0 Å². The van der Waals surface area contributed by atoms with Crippen molar-refractivity contribution in [3.05, 3.63) is 0 Å². The van der Waals surface area contributed by atoms with Crippen molar-refractivity contribution in [1.29, 1.82) is 0 Å². The molecule has 0 unspecified atom stereocenters. The summed E-state index contributed by atoms with van der Waals surface area (Å²) in [4.78, 5) is 13.8. The molecule has 1 spiro atoms. The maximum absolute atomic E-state index is 12.3. The fourth-order valence-corrected chi connectivity index (χ4v) is 2.53. The topological polar surface area (TPSA) is 41.6 Å². The molecule has 1 amide bonds. The SMILES string of the molecule is [2H]C([2H])([2H])C(N[C@@H]1CN(C(=O)OC(C)(C)C)CC12CC2)C([2H])([2H])[2H]. The minimum atomic E-state index is -2.64. The summed E-state index contributed by atoms with van der Waals surface area (Å²) < 4.78 is 50.5. The molecule has 2 aliphatic rings. The molecular weight excluding hydrogens is 228 g/mol. The lowest BCUT2D eigenvalue weighted by Crippen LogP contribution is -2.42. The van der Waals surface area contributed by atoms with E-state index in [-0.39, 0.29) is 18.0 Å². The Labute approximate surface area is 118 Å². The van der Waals surface area contributed by atoms with Crippen LogP contribution in [0.25, 0.3) is 0 Å². The summed E-state index contributed by atoms with van der Waals surface area (Å²) in [6.45, 7) is 0.794. The van der Waals surface area contributed by atoms with E-state index in [2.05, 4.69) is 5.32 Å². The van der Waals surface area contributed by atoms with Crippen molar-refractivity contribution in [3.8, 4) is 0 Å². The number of ether oxygens (including phenoxy) is 1. The van der Waals surface area contributed by atoms with Gasteiger partial charge in [-0.15, -0.1) is 0 Å². The quantitative estimate of drug-likeness (QED) is 0.829. The highest BCUT2D eigenvalue weighted by molar-refractivity contribution is 5.69. The van der Waals surface area contributed by atoms with Crippen LogP contribution in [-0.4, -0.2) is 41.8 Å². The molecule has 0 aromatic carbocycles. The second-order valence-corrected chi connectivity index (χ2v) is 6.38. The Balaban J connectivity index is 2.10. The zero-order chi connectivity index (χ0) is 18.6. The Morgan fingerprint density at radius 2 is 2.17 bits per heavy atom. The molecule has 1 N–H and O–H groups in total. The molecule has 0 aromatic rings. The lowest BCUT2D eigenvalue weighted by Gasteiger charge is -2.24. The van der Waals surface area contributed by atoms with Gasteiger partial charge in [0.25, 0.3) is 0 Å². The molecule has 1 aliphatic carbocycles. The number of carbonyl (C=O) groups is 1. The van der Waals surface area contributed by atoms with E-state index in [4.69, 9.17) is 13.0 Å². The summed E-state index contributed by atoms with van der Waals surface area (Å²) in [6.07, 6.45) is 1.24. The van der Waals surface area contributed by atoms with Crippen LogP contribution in [0.15, 0.2) is 0 Å². The van der Waals surface area contributed by atoms with Crippen LogP contribution in [0.5, 0.6) is 0 Å². The van der Waals surface area contributed by atoms with E-state index in [1.54, 1.807) is 25.7 Å². The van der Waals surface area contributed by atoms with Crippen LogP contribution >= 0.6 is 0 Å². The van der Waals surface area contributed by atoms with Gasteiger partial charge in [-0.25, -0.2) is 4.79 Å². The highest BCUT2D eigenvalue weighted by atomic mass is 16.6. The molecule has 1 saturated carbocycles. The van der Waals surface area contributed by atoms with Gasteiger partial charge in [0.2, 0.25) is 0 Å². The normalized spacial score (nSPS) is 32.2. The maximum atomic E-state index is 12.3. The number of hydrogen-bond donors (Lipinski definition) is 1. The molecule has 1 heterocycles. The maximum Gasteiger partial charge on any atom is 0.410 e. The number of amides is 1. The first-order valence-corrected chi connectivity index (χ1v) is 6.38. The van der Waals surface area contributed by atoms with Crippen LogP contribution in [0.2, 0.25) is 0 Å². The lowest BCUT2D eigenvalue weighted by molar-refractivity contribution is 0.0283. The molecule has 4 nitrogen and oxygen atoms in total. The molecule has 1 saturated heterocycles. The minimum Gasteiger partial charge on any atom is -0.444 e. The van der Waals surface area contributed by atoms with Gasteiger partial charge in [0, 0.05) is 38.8 Å². The molecule has 4 heteroatoms. The molecule has 0 bridgehead atoms. The van der Waals surface area contributed by atoms with Crippen LogP contribution in [0, 0.1) is 5.41 Å². The summed E-state index contributed by atoms with van der Waals surface area (Å²) in [6, 6.07) is -1.96. The van der Waals surface area contributed by atoms with E-state index >= 15 is 0 Å². The fourth-order valence-electron chi connectivity index (χ4n) is 2.53. The second-order valence-electron chi connectivity index (χ2n) is 6.38. The fraction of sp³-hybridized carbons (Fsp3) is 0.929. The molecule has 0 radical (unpaired) electrons. The van der Waals surface area contributed by atoms with Gasteiger partial charge in [0.15, 0.2) is 0 Å². The number of nitrogens with zero attached hydrogens (tertiary/aromatic N) is 1. The summed E-state index contributed by atoms with van der Waals surface area (Å²) in [5.41, 5.74) is -0.842. The van der Waals surface area contributed by atoms with E-state index in [0.717, 1.165) is 12.8 Å². The van der Waals surface area contributed by atoms with Crippen molar-refractivity contribution >= 4 is 6.09 Å². The van der Waals surface area contributed by atoms with Gasteiger partial charge in [0.1, 0.15) is 5.60 Å². The van der Waals surface area contributed by atoms with E-state index in [1.165, 1.54) is 0 Å². The summed E-state index contributed by atoms with van der Waals surface area (Å²) in [7, 11) is 0. The number of likely N-dealkylation sites (tertiary alicyclic amines) is 1. The number of hydrogen-bond acceptors (Lipinski definition) is 3. The molecule has 2 fully saturated rings. The van der Waals surface area contributed by atoms with Crippen molar-refractivity contribution in [2.75, 3.05) is 13.1 Å². The van der Waals surface area contributed by atoms with Gasteiger partial charge in [-0.05, 0) is 33.6 Å². The van der Waals surface area contributed by atoms with Crippen molar-refractivity contribution < 1.29 is 17.8 Å². The van der Waals surface area contributed by atoms with Crippen LogP contribution < -0.4 is 5.32 Å². The molecule has 2 rings (SSSR count). The van der Waals surface area contributed by atoms with E-state index in [9.17, 15) is 4.79 Å². The molecule has 1 atom stereocenters. The van der Waals surface area contributed by atoms with Crippen molar-refractivity contribution in [2.45, 2.75) is 65.0 Å². The van der Waals surface area contributed by atoms with Crippen LogP contribution in [-0.2, 0) is 4.74 Å². The van der Waals surface area contributed by atoms with Crippen LogP contribution in [0.3, 0.4) is 0 Å². The largest absolute Gasteiger partial charge is 0.444 e. The number of rotatable bonds is 2. The molecule has 1 aliphatic heterocycles. The Hall–Kier alpha value is -0.770. The summed E-state index contributed by atoms with van der Waals surface area (Å²) in [5, 5.41) is 2.82. The third-order valence-electron chi connectivity index (χ3n) is 3.56. The highest BCUT2D eigenvalue weighted by Gasteiger charge is 2.56. The molecule has 104 valence electrons. The summed E-state index contributed by atoms with van der Waals surface area (Å²) in [5.74, 6) is 0. The molecule has 0 aromatic heterocycles. The van der Waals surface area contributed by atoms with E-state index < -0.39 is 31.4 Å². The highest BCUT2D eigenvalue weighted by Crippen LogP contribution is 2.53. The first-order valence-electron chi connectivity index (χ1n) is 9.38. The average Bonchev–Trinajstić information content (AvgIpc) is 2.96. The standard InChI is InChI=1S/C14H26N2O2/c1-10(2)15-11-8-16(9-14(11)6-7-14)12(17)18-13(3,4)5/h10-11,15H,6-9H2,1-5H3/t11-/m1/s1/i1D3,2D3. The monoisotopic (exact) mass is 260 g/mol. The third kappa shape index (κ3) is 2.97. The van der Waals surface area contributed by atoms with Gasteiger partial charge in [0.05, 0.1) is 0 Å². The second kappa shape index (κ2) is 4.41. The summed E-state index contributed by atoms with van der Waals surface area (Å²) >= 11 is 0. The van der Waals surface area contributed by atoms with Crippen molar-refractivity contribution in [2.24, 2.45) is 5.41 Å². The lowest BCUT2D eigenvalue weighted by atomic mass is 10.0. The zero-order valence-corrected chi connectivity index (χ0v) is 11.2. The van der Waals surface area contributed by atoms with Gasteiger partial charge >= 0.3 is 6.09 Å². The Morgan fingerprint density at radius 1 is 1.50 bits per heavy atom. The van der Waals surface area contributed by atoms with Gasteiger partial charge in [-0.2, -0.15) is 0 Å². The average molecular weight is 260 g/mol. The predicted molar refractivity (Wildman–Crippen MR) is 71.5 cm³/mol. The molecule has 18 heavy (non-hydrogen) atoms. The van der Waals surface area contributed by atoms with Gasteiger partial charge in [-0.1, -0.05) is 13.7 Å². The van der Waals surface area contributed by atoms with Crippen LogP contribution in [0.4, 0.5) is 4.79 Å². The first kappa shape index (κ1) is 7.73. The Morgan fingerprint density at radius 3 is 2.67 bits per heavy atom. The van der Waals surface area contributed by atoms with E-state index in [1.807, 2.05) is 0 Å². The van der Waals surface area contributed by atoms with E-state index in [0.29, 0.717) is 6.54 Å². The number of nitrogens with one attached hydrogen (secondary N) is 1. The van der Waals surface area contributed by atoms with Crippen molar-refractivity contribution in [1.82, 2.24) is 10.2 Å². The molecular formula is C14H26N2O2. The van der Waals surface area contributed by atoms with Crippen LogP contribution in [0.1, 0.15) is 55.5 Å². The first-order chi connectivity index (χ1) is 10.6. The number of carbonyl (C=O) groups excluding carboxylic acids is 1. The Bertz CT molecular complexity index is 479. The minimum absolute atomic E-state index is 0.231. The van der Waals surface area contributed by atoms with Gasteiger partial charge < -0.3 is 15.0 Å². The smallest absolute Gasteiger partial charge is 0.410 e. The van der Waals surface area contributed by atoms with Crippen molar-refractivity contribution in [3.63, 3.8) is 0 Å². The predicted octanol–water partition coefficient (Wildman–Crippen LogP) is 2.38. The zero-order valence-electron chi connectivity index (χ0n) is 17.2.